The van der Waals surface area contributed by atoms with Crippen LogP contribution in [-0.2, 0) is 16.0 Å². The molecular formula is C16H17ClN2O3S2. The van der Waals surface area contributed by atoms with Crippen LogP contribution in [0.1, 0.15) is 12.1 Å². The van der Waals surface area contributed by atoms with E-state index in [-0.39, 0.29) is 12.3 Å². The molecule has 0 fully saturated rings. The highest BCUT2D eigenvalue weighted by molar-refractivity contribution is 7.98. The van der Waals surface area contributed by atoms with E-state index in [4.69, 9.17) is 16.7 Å². The predicted molar refractivity (Wildman–Crippen MR) is 98.8 cm³/mol. The molecule has 0 bridgehead atoms. The molecule has 2 N–H and O–H groups in total. The highest BCUT2D eigenvalue weighted by Crippen LogP contribution is 2.30. The molecule has 5 nitrogen and oxygen atoms in total. The lowest BCUT2D eigenvalue weighted by Crippen LogP contribution is -2.41. The topological polar surface area (TPSA) is 79.3 Å². The van der Waals surface area contributed by atoms with Gasteiger partial charge < -0.3 is 10.4 Å². The van der Waals surface area contributed by atoms with Gasteiger partial charge in [0.15, 0.2) is 0 Å². The van der Waals surface area contributed by atoms with Crippen molar-refractivity contribution in [3.05, 3.63) is 40.4 Å². The van der Waals surface area contributed by atoms with Crippen LogP contribution < -0.4 is 5.32 Å². The highest BCUT2D eigenvalue weighted by Gasteiger charge is 2.20. The zero-order chi connectivity index (χ0) is 17.5. The molecule has 1 amide bonds. The van der Waals surface area contributed by atoms with Crippen molar-refractivity contribution < 1.29 is 14.7 Å². The van der Waals surface area contributed by atoms with Crippen molar-refractivity contribution in [3.63, 3.8) is 0 Å². The van der Waals surface area contributed by atoms with Gasteiger partial charge in [0.05, 0.1) is 17.1 Å². The number of aliphatic carboxylic acids is 1. The summed E-state index contributed by atoms with van der Waals surface area (Å²) in [6.07, 6.45) is 2.33. The molecular weight excluding hydrogens is 368 g/mol. The van der Waals surface area contributed by atoms with Crippen molar-refractivity contribution >= 4 is 46.6 Å². The molecule has 0 saturated carbocycles. The van der Waals surface area contributed by atoms with Crippen molar-refractivity contribution in [2.45, 2.75) is 18.9 Å². The number of carbonyl (C=O) groups excluding carboxylic acids is 1. The molecule has 1 aromatic carbocycles. The third kappa shape index (κ3) is 5.22. The molecule has 2 rings (SSSR count). The van der Waals surface area contributed by atoms with Crippen LogP contribution >= 0.6 is 34.7 Å². The molecule has 0 radical (unpaired) electrons. The first-order valence-corrected chi connectivity index (χ1v) is 9.86. The monoisotopic (exact) mass is 384 g/mol. The van der Waals surface area contributed by atoms with Gasteiger partial charge in [-0.3, -0.25) is 4.79 Å². The van der Waals surface area contributed by atoms with E-state index >= 15 is 0 Å². The lowest BCUT2D eigenvalue weighted by atomic mass is 10.2. The summed E-state index contributed by atoms with van der Waals surface area (Å²) in [6, 6.07) is 6.50. The van der Waals surface area contributed by atoms with E-state index in [9.17, 15) is 9.59 Å². The molecule has 0 unspecified atom stereocenters. The van der Waals surface area contributed by atoms with E-state index in [1.807, 2.05) is 24.5 Å². The molecule has 0 aliphatic heterocycles. The number of aromatic nitrogens is 1. The van der Waals surface area contributed by atoms with Crippen molar-refractivity contribution in [3.8, 4) is 10.6 Å². The zero-order valence-electron chi connectivity index (χ0n) is 13.0. The number of amides is 1. The summed E-state index contributed by atoms with van der Waals surface area (Å²) in [4.78, 5) is 27.6. The molecule has 8 heteroatoms. The number of carboxylic acid groups (broad SMARTS) is 1. The molecule has 0 saturated heterocycles. The molecule has 24 heavy (non-hydrogen) atoms. The third-order valence-electron chi connectivity index (χ3n) is 3.24. The maximum atomic E-state index is 12.1. The first kappa shape index (κ1) is 18.8. The first-order valence-electron chi connectivity index (χ1n) is 7.21. The van der Waals surface area contributed by atoms with Gasteiger partial charge in [-0.25, -0.2) is 9.78 Å². The van der Waals surface area contributed by atoms with Crippen molar-refractivity contribution in [1.29, 1.82) is 0 Å². The summed E-state index contributed by atoms with van der Waals surface area (Å²) in [5.74, 6) is -0.697. The highest BCUT2D eigenvalue weighted by atomic mass is 35.5. The average molecular weight is 385 g/mol. The van der Waals surface area contributed by atoms with Gasteiger partial charge in [0.1, 0.15) is 11.0 Å². The smallest absolute Gasteiger partial charge is 0.326 e. The van der Waals surface area contributed by atoms with Crippen LogP contribution in [0.2, 0.25) is 5.02 Å². The number of carboxylic acids is 1. The van der Waals surface area contributed by atoms with Crippen LogP contribution in [-0.4, -0.2) is 40.0 Å². The molecule has 2 aromatic rings. The Morgan fingerprint density at radius 3 is 2.83 bits per heavy atom. The number of hydrogen-bond acceptors (Lipinski definition) is 5. The van der Waals surface area contributed by atoms with Crippen molar-refractivity contribution in [2.75, 3.05) is 12.0 Å². The molecule has 1 heterocycles. The predicted octanol–water partition coefficient (Wildman–Crippen LogP) is 3.33. The summed E-state index contributed by atoms with van der Waals surface area (Å²) in [7, 11) is 0. The average Bonchev–Trinajstić information content (AvgIpc) is 2.99. The normalized spacial score (nSPS) is 11.9. The summed E-state index contributed by atoms with van der Waals surface area (Å²) in [5, 5.41) is 14.8. The zero-order valence-corrected chi connectivity index (χ0v) is 15.4. The summed E-state index contributed by atoms with van der Waals surface area (Å²) in [5.41, 5.74) is 1.42. The summed E-state index contributed by atoms with van der Waals surface area (Å²) < 4.78 is 0. The van der Waals surface area contributed by atoms with Crippen LogP contribution in [0.5, 0.6) is 0 Å². The number of carbonyl (C=O) groups is 2. The van der Waals surface area contributed by atoms with Crippen LogP contribution in [0.15, 0.2) is 29.6 Å². The second-order valence-electron chi connectivity index (χ2n) is 5.04. The van der Waals surface area contributed by atoms with Gasteiger partial charge >= 0.3 is 5.97 Å². The molecule has 0 aliphatic rings. The lowest BCUT2D eigenvalue weighted by molar-refractivity contribution is -0.141. The first-order chi connectivity index (χ1) is 11.5. The Labute approximate surface area is 153 Å². The minimum absolute atomic E-state index is 0.0456. The van der Waals surface area contributed by atoms with Gasteiger partial charge in [-0.1, -0.05) is 29.8 Å². The lowest BCUT2D eigenvalue weighted by Gasteiger charge is -2.13. The summed E-state index contributed by atoms with van der Waals surface area (Å²) in [6.45, 7) is 0. The van der Waals surface area contributed by atoms with E-state index in [1.54, 1.807) is 23.2 Å². The Kier molecular flexibility index (Phi) is 7.08. The molecule has 1 aromatic heterocycles. The standard InChI is InChI=1S/C16H17ClN2O3S2/c1-23-7-6-13(16(21)22)19-14(20)8-10-9-24-15(18-10)11-4-2-3-5-12(11)17/h2-5,9,13H,6-8H2,1H3,(H,19,20)(H,21,22)/t13-/m1/s1. The number of nitrogens with one attached hydrogen (secondary N) is 1. The Hall–Kier alpha value is -1.57. The molecule has 128 valence electrons. The fraction of sp³-hybridized carbons (Fsp3) is 0.312. The quantitative estimate of drug-likeness (QED) is 0.729. The number of benzene rings is 1. The van der Waals surface area contributed by atoms with Gasteiger partial charge in [0, 0.05) is 10.9 Å². The third-order valence-corrected chi connectivity index (χ3v) is 5.14. The van der Waals surface area contributed by atoms with Crippen LogP contribution in [0.25, 0.3) is 10.6 Å². The van der Waals surface area contributed by atoms with E-state index in [1.165, 1.54) is 11.3 Å². The number of nitrogens with zero attached hydrogens (tertiary/aromatic N) is 1. The Bertz CT molecular complexity index is 721. The van der Waals surface area contributed by atoms with Gasteiger partial charge in [0.25, 0.3) is 0 Å². The van der Waals surface area contributed by atoms with Crippen molar-refractivity contribution in [1.82, 2.24) is 10.3 Å². The number of halogens is 1. The van der Waals surface area contributed by atoms with Gasteiger partial charge in [0.2, 0.25) is 5.91 Å². The fourth-order valence-electron chi connectivity index (χ4n) is 2.05. The largest absolute Gasteiger partial charge is 0.480 e. The molecule has 0 spiro atoms. The maximum Gasteiger partial charge on any atom is 0.326 e. The van der Waals surface area contributed by atoms with Crippen LogP contribution in [0.4, 0.5) is 0 Å². The van der Waals surface area contributed by atoms with E-state index in [2.05, 4.69) is 10.3 Å². The number of thioether (sulfide) groups is 1. The van der Waals surface area contributed by atoms with Gasteiger partial charge in [-0.05, 0) is 24.5 Å². The van der Waals surface area contributed by atoms with E-state index < -0.39 is 12.0 Å². The number of rotatable bonds is 8. The minimum Gasteiger partial charge on any atom is -0.480 e. The van der Waals surface area contributed by atoms with E-state index in [0.717, 1.165) is 10.6 Å². The van der Waals surface area contributed by atoms with Crippen molar-refractivity contribution in [2.24, 2.45) is 0 Å². The minimum atomic E-state index is -1.02. The Balaban J connectivity index is 2.00. The van der Waals surface area contributed by atoms with Gasteiger partial charge in [-0.15, -0.1) is 11.3 Å². The van der Waals surface area contributed by atoms with Crippen LogP contribution in [0.3, 0.4) is 0 Å². The van der Waals surface area contributed by atoms with Gasteiger partial charge in [-0.2, -0.15) is 11.8 Å². The number of thiazole rings is 1. The Morgan fingerprint density at radius 2 is 2.17 bits per heavy atom. The van der Waals surface area contributed by atoms with E-state index in [0.29, 0.717) is 22.9 Å². The fourth-order valence-corrected chi connectivity index (χ4v) is 3.66. The maximum absolute atomic E-state index is 12.1. The van der Waals surface area contributed by atoms with Crippen LogP contribution in [0, 0.1) is 0 Å². The number of hydrogen-bond donors (Lipinski definition) is 2. The SMILES string of the molecule is CSCC[C@@H](NC(=O)Cc1csc(-c2ccccc2Cl)n1)C(=O)O. The second-order valence-corrected chi connectivity index (χ2v) is 7.29. The second kappa shape index (κ2) is 9.05. The Morgan fingerprint density at radius 1 is 1.42 bits per heavy atom. The molecule has 0 aliphatic carbocycles. The summed E-state index contributed by atoms with van der Waals surface area (Å²) >= 11 is 9.09. The molecule has 1 atom stereocenters.